The van der Waals surface area contributed by atoms with E-state index in [1.54, 1.807) is 29.2 Å². The first-order chi connectivity index (χ1) is 15.7. The molecule has 6 rings (SSSR count). The molecule has 1 N–H and O–H groups in total. The van der Waals surface area contributed by atoms with E-state index in [9.17, 15) is 4.39 Å². The van der Waals surface area contributed by atoms with Gasteiger partial charge >= 0.3 is 6.01 Å². The number of anilines is 1. The molecule has 2 aliphatic heterocycles. The number of aromatic nitrogens is 5. The Kier molecular flexibility index (Phi) is 4.30. The van der Waals surface area contributed by atoms with Crippen LogP contribution in [0.4, 0.5) is 10.2 Å². The number of hydrogen-bond acceptors (Lipinski definition) is 8. The summed E-state index contributed by atoms with van der Waals surface area (Å²) < 4.78 is 33.9. The van der Waals surface area contributed by atoms with Gasteiger partial charge in [0.05, 0.1) is 25.7 Å². The van der Waals surface area contributed by atoms with Crippen LogP contribution in [0.5, 0.6) is 17.5 Å². The predicted molar refractivity (Wildman–Crippen MR) is 113 cm³/mol. The lowest BCUT2D eigenvalue weighted by molar-refractivity contribution is 0.249. The minimum Gasteiger partial charge on any atom is -0.493 e. The summed E-state index contributed by atoms with van der Waals surface area (Å²) in [5.41, 5.74) is 3.57. The number of benzene rings is 1. The molecular formula is C22H19FN6O3. The van der Waals surface area contributed by atoms with E-state index in [2.05, 4.69) is 25.5 Å². The van der Waals surface area contributed by atoms with E-state index in [1.165, 1.54) is 6.07 Å². The van der Waals surface area contributed by atoms with Gasteiger partial charge in [-0.05, 0) is 25.1 Å². The largest absolute Gasteiger partial charge is 0.493 e. The topological polar surface area (TPSA) is 95.7 Å². The van der Waals surface area contributed by atoms with Gasteiger partial charge in [-0.3, -0.25) is 4.40 Å². The van der Waals surface area contributed by atoms with Crippen molar-refractivity contribution in [1.29, 1.82) is 0 Å². The second-order valence-electron chi connectivity index (χ2n) is 7.59. The third kappa shape index (κ3) is 2.90. The quantitative estimate of drug-likeness (QED) is 0.525. The SMILES string of the molecule is CCOc1ncc(-c2cc3c(n4cnnc24)NCc2c(F)ccc4c2[C@H](CO4)CO3)cn1. The molecule has 10 heteroatoms. The Balaban J connectivity index is 1.46. The van der Waals surface area contributed by atoms with Gasteiger partial charge in [0.1, 0.15) is 17.9 Å². The number of ether oxygens (including phenoxy) is 3. The summed E-state index contributed by atoms with van der Waals surface area (Å²) in [5.74, 6) is 1.64. The van der Waals surface area contributed by atoms with Crippen molar-refractivity contribution in [3.05, 3.63) is 53.9 Å². The van der Waals surface area contributed by atoms with E-state index in [1.807, 2.05) is 13.0 Å². The Hall–Kier alpha value is -3.95. The van der Waals surface area contributed by atoms with Crippen molar-refractivity contribution in [2.45, 2.75) is 19.4 Å². The molecule has 2 aliphatic rings. The predicted octanol–water partition coefficient (Wildman–Crippen LogP) is 3.20. The highest BCUT2D eigenvalue weighted by Gasteiger charge is 2.31. The monoisotopic (exact) mass is 434 g/mol. The summed E-state index contributed by atoms with van der Waals surface area (Å²) in [4.78, 5) is 8.52. The fourth-order valence-corrected chi connectivity index (χ4v) is 4.26. The Labute approximate surface area is 182 Å². The molecule has 0 fully saturated rings. The van der Waals surface area contributed by atoms with Gasteiger partial charge in [0.25, 0.3) is 0 Å². The van der Waals surface area contributed by atoms with Gasteiger partial charge < -0.3 is 19.5 Å². The van der Waals surface area contributed by atoms with Gasteiger partial charge in [0.2, 0.25) is 0 Å². The molecule has 162 valence electrons. The first kappa shape index (κ1) is 18.8. The molecule has 4 aromatic rings. The number of nitrogens with one attached hydrogen (secondary N) is 1. The van der Waals surface area contributed by atoms with E-state index in [4.69, 9.17) is 14.2 Å². The highest BCUT2D eigenvalue weighted by Crippen LogP contribution is 2.41. The molecule has 9 nitrogen and oxygen atoms in total. The standard InChI is InChI=1S/C22H19FN6O3/c1-2-30-22-25-6-12(7-26-22)14-5-18-21(29-11-27-28-20(14)29)24-8-15-16(23)3-4-17-19(15)13(9-31-17)10-32-18/h3-7,11,13,24H,2,8-10H2,1H3/t13-/m1/s1. The van der Waals surface area contributed by atoms with Crippen molar-refractivity contribution in [3.8, 4) is 28.6 Å². The summed E-state index contributed by atoms with van der Waals surface area (Å²) in [7, 11) is 0. The number of pyridine rings is 1. The normalized spacial score (nSPS) is 16.6. The summed E-state index contributed by atoms with van der Waals surface area (Å²) in [6.45, 7) is 3.45. The molecule has 0 saturated carbocycles. The second kappa shape index (κ2) is 7.33. The van der Waals surface area contributed by atoms with Gasteiger partial charge in [0.15, 0.2) is 17.2 Å². The highest BCUT2D eigenvalue weighted by molar-refractivity contribution is 5.81. The first-order valence-electron chi connectivity index (χ1n) is 10.4. The molecule has 1 atom stereocenters. The number of fused-ring (bicyclic) bond motifs is 3. The van der Waals surface area contributed by atoms with Crippen LogP contribution in [0.2, 0.25) is 0 Å². The van der Waals surface area contributed by atoms with Crippen LogP contribution in [0.25, 0.3) is 16.8 Å². The fraction of sp³-hybridized carbons (Fsp3) is 0.273. The molecule has 0 bridgehead atoms. The van der Waals surface area contributed by atoms with Gasteiger partial charge in [-0.2, -0.15) is 0 Å². The van der Waals surface area contributed by atoms with Crippen molar-refractivity contribution in [3.63, 3.8) is 0 Å². The molecule has 3 aromatic heterocycles. The van der Waals surface area contributed by atoms with Crippen molar-refractivity contribution in [1.82, 2.24) is 24.6 Å². The Morgan fingerprint density at radius 1 is 1.19 bits per heavy atom. The van der Waals surface area contributed by atoms with Crippen molar-refractivity contribution in [2.75, 3.05) is 25.1 Å². The van der Waals surface area contributed by atoms with Crippen LogP contribution in [-0.4, -0.2) is 44.4 Å². The van der Waals surface area contributed by atoms with Gasteiger partial charge in [-0.15, -0.1) is 10.2 Å². The molecule has 0 radical (unpaired) electrons. The van der Waals surface area contributed by atoms with E-state index in [-0.39, 0.29) is 18.3 Å². The molecule has 1 aromatic carbocycles. The summed E-state index contributed by atoms with van der Waals surface area (Å²) in [5, 5.41) is 11.7. The molecule has 5 heterocycles. The van der Waals surface area contributed by atoms with Crippen molar-refractivity contribution >= 4 is 11.5 Å². The third-order valence-corrected chi connectivity index (χ3v) is 5.73. The van der Waals surface area contributed by atoms with E-state index in [0.717, 1.165) is 16.7 Å². The van der Waals surface area contributed by atoms with Crippen molar-refractivity contribution < 1.29 is 18.6 Å². The zero-order valence-electron chi connectivity index (χ0n) is 17.2. The van der Waals surface area contributed by atoms with Crippen LogP contribution < -0.4 is 19.5 Å². The van der Waals surface area contributed by atoms with Crippen LogP contribution in [0.1, 0.15) is 24.0 Å². The maximum absolute atomic E-state index is 14.7. The van der Waals surface area contributed by atoms with Crippen LogP contribution in [0, 0.1) is 5.82 Å². The Morgan fingerprint density at radius 2 is 2.00 bits per heavy atom. The Bertz CT molecular complexity index is 1320. The Morgan fingerprint density at radius 3 is 2.81 bits per heavy atom. The third-order valence-electron chi connectivity index (χ3n) is 5.73. The number of rotatable bonds is 3. The lowest BCUT2D eigenvalue weighted by atomic mass is 9.96. The average molecular weight is 434 g/mol. The van der Waals surface area contributed by atoms with Gasteiger partial charge in [-0.25, -0.2) is 14.4 Å². The van der Waals surface area contributed by atoms with E-state index >= 15 is 0 Å². The summed E-state index contributed by atoms with van der Waals surface area (Å²) >= 11 is 0. The maximum Gasteiger partial charge on any atom is 0.316 e. The molecule has 0 unspecified atom stereocenters. The number of nitrogens with zero attached hydrogens (tertiary/aromatic N) is 5. The second-order valence-corrected chi connectivity index (χ2v) is 7.59. The maximum atomic E-state index is 14.7. The zero-order valence-corrected chi connectivity index (χ0v) is 17.2. The van der Waals surface area contributed by atoms with Gasteiger partial charge in [0, 0.05) is 41.2 Å². The van der Waals surface area contributed by atoms with Crippen LogP contribution in [0.15, 0.2) is 36.9 Å². The first-order valence-corrected chi connectivity index (χ1v) is 10.4. The lowest BCUT2D eigenvalue weighted by Gasteiger charge is -2.16. The van der Waals surface area contributed by atoms with Crippen LogP contribution >= 0.6 is 0 Å². The zero-order chi connectivity index (χ0) is 21.7. The molecule has 32 heavy (non-hydrogen) atoms. The molecule has 0 amide bonds. The molecule has 0 spiro atoms. The summed E-state index contributed by atoms with van der Waals surface area (Å²) in [6, 6.07) is 5.32. The van der Waals surface area contributed by atoms with Crippen molar-refractivity contribution in [2.24, 2.45) is 0 Å². The molecule has 0 saturated heterocycles. The lowest BCUT2D eigenvalue weighted by Crippen LogP contribution is -2.13. The minimum absolute atomic E-state index is 0.0580. The summed E-state index contributed by atoms with van der Waals surface area (Å²) in [6.07, 6.45) is 4.96. The van der Waals surface area contributed by atoms with E-state index in [0.29, 0.717) is 54.4 Å². The number of hydrogen-bond donors (Lipinski definition) is 1. The van der Waals surface area contributed by atoms with Crippen LogP contribution in [0.3, 0.4) is 0 Å². The van der Waals surface area contributed by atoms with Gasteiger partial charge in [-0.1, -0.05) is 0 Å². The fourth-order valence-electron chi connectivity index (χ4n) is 4.26. The highest BCUT2D eigenvalue weighted by atomic mass is 19.1. The van der Waals surface area contributed by atoms with E-state index < -0.39 is 0 Å². The average Bonchev–Trinajstić information content (AvgIpc) is 3.46. The minimum atomic E-state index is -0.265. The van der Waals surface area contributed by atoms with Crippen LogP contribution in [-0.2, 0) is 6.54 Å². The smallest absolute Gasteiger partial charge is 0.316 e. The molecule has 0 aliphatic carbocycles. The molecular weight excluding hydrogens is 415 g/mol. The number of halogens is 1.